The first-order valence-corrected chi connectivity index (χ1v) is 6.33. The van der Waals surface area contributed by atoms with Crippen molar-refractivity contribution >= 4 is 13.4 Å². The summed E-state index contributed by atoms with van der Waals surface area (Å²) in [6, 6.07) is 2.46. The average Bonchev–Trinajstić information content (AvgIpc) is 2.32. The normalized spacial score (nSPS) is 11.5. The quantitative estimate of drug-likeness (QED) is 0.606. The molecule has 0 unspecified atom stereocenters. The topological polar surface area (TPSA) is 52.6 Å². The van der Waals surface area contributed by atoms with E-state index in [9.17, 15) is 18.1 Å². The summed E-state index contributed by atoms with van der Waals surface area (Å²) in [6.45, 7) is 0. The molecular formula is C10H11F2O4P. The van der Waals surface area contributed by atoms with E-state index in [-0.39, 0.29) is 0 Å². The highest BCUT2D eigenvalue weighted by Gasteiger charge is 2.27. The Labute approximate surface area is 97.1 Å². The van der Waals surface area contributed by atoms with E-state index in [1.807, 2.05) is 0 Å². The van der Waals surface area contributed by atoms with Crippen molar-refractivity contribution in [3.63, 3.8) is 0 Å². The second-order valence-electron chi connectivity index (χ2n) is 3.18. The van der Waals surface area contributed by atoms with Gasteiger partial charge in [0.25, 0.3) is 0 Å². The lowest BCUT2D eigenvalue weighted by Crippen LogP contribution is -2.10. The molecule has 0 saturated carbocycles. The first-order valence-electron chi connectivity index (χ1n) is 4.60. The van der Waals surface area contributed by atoms with Gasteiger partial charge in [0.15, 0.2) is 5.78 Å². The second kappa shape index (κ2) is 5.49. The fourth-order valence-corrected chi connectivity index (χ4v) is 2.11. The maximum absolute atomic E-state index is 13.2. The van der Waals surface area contributed by atoms with Crippen molar-refractivity contribution in [3.8, 4) is 0 Å². The lowest BCUT2D eigenvalue weighted by molar-refractivity contribution is 0.100. The molecule has 0 aliphatic heterocycles. The van der Waals surface area contributed by atoms with Gasteiger partial charge in [-0.3, -0.25) is 9.36 Å². The third-order valence-corrected chi connectivity index (χ3v) is 3.91. The number of carbonyl (C=O) groups is 1. The molecule has 94 valence electrons. The Morgan fingerprint density at radius 2 is 1.88 bits per heavy atom. The van der Waals surface area contributed by atoms with Gasteiger partial charge in [0.2, 0.25) is 0 Å². The van der Waals surface area contributed by atoms with Crippen LogP contribution < -0.4 is 0 Å². The Morgan fingerprint density at radius 1 is 1.29 bits per heavy atom. The molecular weight excluding hydrogens is 253 g/mol. The van der Waals surface area contributed by atoms with Gasteiger partial charge in [0, 0.05) is 14.2 Å². The van der Waals surface area contributed by atoms with Crippen LogP contribution in [0.15, 0.2) is 18.2 Å². The lowest BCUT2D eigenvalue weighted by atomic mass is 10.1. The number of hydrogen-bond acceptors (Lipinski definition) is 4. The Kier molecular flexibility index (Phi) is 4.51. The molecule has 0 atom stereocenters. The SMILES string of the molecule is COP(=O)(CC(=O)c1cc(F)ccc1F)OC. The molecule has 1 aromatic carbocycles. The second-order valence-corrected chi connectivity index (χ2v) is 5.45. The van der Waals surface area contributed by atoms with E-state index in [1.54, 1.807) is 0 Å². The number of ketones is 1. The number of halogens is 2. The highest BCUT2D eigenvalue weighted by atomic mass is 31.2. The summed E-state index contributed by atoms with van der Waals surface area (Å²) in [7, 11) is -1.36. The number of rotatable bonds is 5. The first-order chi connectivity index (χ1) is 7.91. The molecule has 0 aliphatic carbocycles. The summed E-state index contributed by atoms with van der Waals surface area (Å²) >= 11 is 0. The van der Waals surface area contributed by atoms with Crippen LogP contribution in [0.25, 0.3) is 0 Å². The summed E-state index contributed by atoms with van der Waals surface area (Å²) < 4.78 is 46.8. The first kappa shape index (κ1) is 14.0. The van der Waals surface area contributed by atoms with Gasteiger partial charge in [-0.2, -0.15) is 0 Å². The van der Waals surface area contributed by atoms with E-state index in [0.717, 1.165) is 32.4 Å². The monoisotopic (exact) mass is 264 g/mol. The van der Waals surface area contributed by atoms with Gasteiger partial charge in [-0.1, -0.05) is 0 Å². The van der Waals surface area contributed by atoms with Gasteiger partial charge in [-0.05, 0) is 18.2 Å². The number of benzene rings is 1. The smallest absolute Gasteiger partial charge is 0.312 e. The summed E-state index contributed by atoms with van der Waals surface area (Å²) in [6.07, 6.45) is -0.639. The van der Waals surface area contributed by atoms with Gasteiger partial charge in [-0.25, -0.2) is 8.78 Å². The fraction of sp³-hybridized carbons (Fsp3) is 0.300. The third-order valence-electron chi connectivity index (χ3n) is 2.12. The van der Waals surface area contributed by atoms with E-state index < -0.39 is 36.7 Å². The van der Waals surface area contributed by atoms with Crippen LogP contribution in [0.4, 0.5) is 8.78 Å². The summed E-state index contributed by atoms with van der Waals surface area (Å²) in [5, 5.41) is 0. The van der Waals surface area contributed by atoms with Crippen LogP contribution in [-0.4, -0.2) is 26.2 Å². The summed E-state index contributed by atoms with van der Waals surface area (Å²) in [5.41, 5.74) is -0.473. The fourth-order valence-electron chi connectivity index (χ4n) is 1.18. The summed E-state index contributed by atoms with van der Waals surface area (Å²) in [4.78, 5) is 11.6. The Hall–Kier alpha value is -1.10. The van der Waals surface area contributed by atoms with Crippen molar-refractivity contribution in [2.45, 2.75) is 0 Å². The maximum atomic E-state index is 13.2. The van der Waals surface area contributed by atoms with E-state index in [4.69, 9.17) is 0 Å². The van der Waals surface area contributed by atoms with Crippen LogP contribution in [-0.2, 0) is 13.6 Å². The van der Waals surface area contributed by atoms with Crippen molar-refractivity contribution in [2.75, 3.05) is 20.4 Å². The molecule has 0 aliphatic rings. The Balaban J connectivity index is 2.98. The van der Waals surface area contributed by atoms with Gasteiger partial charge >= 0.3 is 7.60 Å². The minimum Gasteiger partial charge on any atom is -0.312 e. The minimum atomic E-state index is -3.58. The predicted octanol–water partition coefficient (Wildman–Crippen LogP) is 2.63. The molecule has 0 heterocycles. The lowest BCUT2D eigenvalue weighted by Gasteiger charge is -2.12. The van der Waals surface area contributed by atoms with Crippen molar-refractivity contribution in [1.82, 2.24) is 0 Å². The maximum Gasteiger partial charge on any atom is 0.337 e. The van der Waals surface area contributed by atoms with Crippen LogP contribution in [0.3, 0.4) is 0 Å². The molecule has 17 heavy (non-hydrogen) atoms. The minimum absolute atomic E-state index is 0.473. The standard InChI is InChI=1S/C10H11F2O4P/c1-15-17(14,16-2)6-10(13)8-5-7(11)3-4-9(8)12/h3-5H,6H2,1-2H3. The highest BCUT2D eigenvalue weighted by molar-refractivity contribution is 7.54. The van der Waals surface area contributed by atoms with Gasteiger partial charge in [-0.15, -0.1) is 0 Å². The molecule has 0 radical (unpaired) electrons. The summed E-state index contributed by atoms with van der Waals surface area (Å²) in [5.74, 6) is -2.47. The zero-order valence-corrected chi connectivity index (χ0v) is 10.2. The van der Waals surface area contributed by atoms with Gasteiger partial charge in [0.05, 0.1) is 5.56 Å². The van der Waals surface area contributed by atoms with Crippen LogP contribution in [0.1, 0.15) is 10.4 Å². The molecule has 0 aromatic heterocycles. The molecule has 0 spiro atoms. The Morgan fingerprint density at radius 3 is 2.41 bits per heavy atom. The van der Waals surface area contributed by atoms with Crippen LogP contribution in [0.2, 0.25) is 0 Å². The van der Waals surface area contributed by atoms with Crippen molar-refractivity contribution < 1.29 is 27.2 Å². The van der Waals surface area contributed by atoms with E-state index in [2.05, 4.69) is 9.05 Å². The van der Waals surface area contributed by atoms with Crippen molar-refractivity contribution in [2.24, 2.45) is 0 Å². The molecule has 1 rings (SSSR count). The van der Waals surface area contributed by atoms with Crippen molar-refractivity contribution in [1.29, 1.82) is 0 Å². The van der Waals surface area contributed by atoms with E-state index >= 15 is 0 Å². The molecule has 1 aromatic rings. The number of Topliss-reactive ketones (excluding diaryl/α,β-unsaturated/α-hetero) is 1. The van der Waals surface area contributed by atoms with Crippen LogP contribution in [0, 0.1) is 11.6 Å². The zero-order chi connectivity index (χ0) is 13.1. The molecule has 0 saturated heterocycles. The molecule has 0 amide bonds. The molecule has 7 heteroatoms. The number of carbonyl (C=O) groups excluding carboxylic acids is 1. The molecule has 0 fully saturated rings. The van der Waals surface area contributed by atoms with E-state index in [1.165, 1.54) is 0 Å². The third kappa shape index (κ3) is 3.43. The average molecular weight is 264 g/mol. The Bertz CT molecular complexity index is 467. The molecule has 4 nitrogen and oxygen atoms in total. The van der Waals surface area contributed by atoms with Crippen molar-refractivity contribution in [3.05, 3.63) is 35.4 Å². The largest absolute Gasteiger partial charge is 0.337 e. The molecule has 0 bridgehead atoms. The van der Waals surface area contributed by atoms with Crippen LogP contribution in [0.5, 0.6) is 0 Å². The number of hydrogen-bond donors (Lipinski definition) is 0. The van der Waals surface area contributed by atoms with Gasteiger partial charge in [0.1, 0.15) is 17.8 Å². The molecule has 0 N–H and O–H groups in total. The zero-order valence-electron chi connectivity index (χ0n) is 9.28. The van der Waals surface area contributed by atoms with E-state index in [0.29, 0.717) is 0 Å². The van der Waals surface area contributed by atoms with Crippen LogP contribution >= 0.6 is 7.60 Å². The highest BCUT2D eigenvalue weighted by Crippen LogP contribution is 2.46. The predicted molar refractivity (Wildman–Crippen MR) is 57.2 cm³/mol. The van der Waals surface area contributed by atoms with Gasteiger partial charge < -0.3 is 9.05 Å².